The molecular formula is C18H22N6O3S. The third-order valence-corrected chi connectivity index (χ3v) is 5.21. The Balaban J connectivity index is 1.60. The molecule has 1 aromatic heterocycles. The van der Waals surface area contributed by atoms with Crippen molar-refractivity contribution in [1.82, 2.24) is 30.3 Å². The van der Waals surface area contributed by atoms with Gasteiger partial charge in [-0.3, -0.25) is 19.6 Å². The number of hydrogen-bond acceptors (Lipinski definition) is 5. The van der Waals surface area contributed by atoms with E-state index in [-0.39, 0.29) is 6.54 Å². The Kier molecular flexibility index (Phi) is 5.32. The van der Waals surface area contributed by atoms with E-state index in [9.17, 15) is 14.4 Å². The molecule has 0 radical (unpaired) electrons. The van der Waals surface area contributed by atoms with Gasteiger partial charge in [-0.25, -0.2) is 4.79 Å². The lowest BCUT2D eigenvalue weighted by atomic mass is 9.91. The molecule has 1 aromatic carbocycles. The Morgan fingerprint density at radius 1 is 1.29 bits per heavy atom. The summed E-state index contributed by atoms with van der Waals surface area (Å²) in [4.78, 5) is 38.3. The number of urea groups is 1. The summed E-state index contributed by atoms with van der Waals surface area (Å²) in [6.45, 7) is 3.55. The van der Waals surface area contributed by atoms with E-state index in [2.05, 4.69) is 20.8 Å². The molecular weight excluding hydrogens is 380 g/mol. The van der Waals surface area contributed by atoms with Gasteiger partial charge in [0.05, 0.1) is 0 Å². The van der Waals surface area contributed by atoms with Crippen LogP contribution in [0.2, 0.25) is 0 Å². The van der Waals surface area contributed by atoms with Crippen LogP contribution in [0, 0.1) is 11.7 Å². The molecule has 0 bridgehead atoms. The SMILES string of the molecule is Cc1ccc(C2(C)NC(=O)N(CC(=O)NCCc3n[nH]c(=S)n3C)C2=O)cc1. The molecule has 1 saturated heterocycles. The second-order valence-electron chi connectivity index (χ2n) is 6.92. The Hall–Kier alpha value is -3.01. The topological polar surface area (TPSA) is 112 Å². The minimum Gasteiger partial charge on any atom is -0.354 e. The first kappa shape index (κ1) is 19.7. The number of carbonyl (C=O) groups is 3. The fourth-order valence-electron chi connectivity index (χ4n) is 3.04. The smallest absolute Gasteiger partial charge is 0.325 e. The number of aromatic amines is 1. The number of H-pyrrole nitrogens is 1. The molecule has 1 aliphatic heterocycles. The first-order valence-corrected chi connectivity index (χ1v) is 9.21. The van der Waals surface area contributed by atoms with Crippen molar-refractivity contribution in [2.24, 2.45) is 7.05 Å². The van der Waals surface area contributed by atoms with Crippen LogP contribution in [0.25, 0.3) is 0 Å². The van der Waals surface area contributed by atoms with Crippen molar-refractivity contribution >= 4 is 30.1 Å². The molecule has 0 spiro atoms. The number of imide groups is 1. The van der Waals surface area contributed by atoms with Crippen LogP contribution in [0.5, 0.6) is 0 Å². The van der Waals surface area contributed by atoms with Crippen molar-refractivity contribution in [1.29, 1.82) is 0 Å². The van der Waals surface area contributed by atoms with Crippen molar-refractivity contribution in [3.63, 3.8) is 0 Å². The van der Waals surface area contributed by atoms with Crippen LogP contribution in [-0.2, 0) is 28.6 Å². The van der Waals surface area contributed by atoms with E-state index >= 15 is 0 Å². The fraction of sp³-hybridized carbons (Fsp3) is 0.389. The van der Waals surface area contributed by atoms with Crippen molar-refractivity contribution in [3.8, 4) is 0 Å². The summed E-state index contributed by atoms with van der Waals surface area (Å²) < 4.78 is 2.21. The molecule has 4 amide bonds. The average molecular weight is 402 g/mol. The maximum atomic E-state index is 12.8. The molecule has 10 heteroatoms. The number of rotatable bonds is 6. The predicted molar refractivity (Wildman–Crippen MR) is 104 cm³/mol. The van der Waals surface area contributed by atoms with Gasteiger partial charge in [0, 0.05) is 20.0 Å². The Morgan fingerprint density at radius 3 is 2.57 bits per heavy atom. The van der Waals surface area contributed by atoms with Crippen LogP contribution in [-0.4, -0.2) is 50.6 Å². The van der Waals surface area contributed by atoms with Gasteiger partial charge in [0.15, 0.2) is 4.77 Å². The number of hydrogen-bond donors (Lipinski definition) is 3. The highest BCUT2D eigenvalue weighted by molar-refractivity contribution is 7.71. The summed E-state index contributed by atoms with van der Waals surface area (Å²) in [6.07, 6.45) is 0.469. The zero-order valence-corrected chi connectivity index (χ0v) is 16.7. The molecule has 2 heterocycles. The number of nitrogens with one attached hydrogen (secondary N) is 3. The van der Waals surface area contributed by atoms with Crippen LogP contribution in [0.15, 0.2) is 24.3 Å². The number of carbonyl (C=O) groups excluding carboxylic acids is 3. The van der Waals surface area contributed by atoms with Crippen molar-refractivity contribution in [2.75, 3.05) is 13.1 Å². The third-order valence-electron chi connectivity index (χ3n) is 4.85. The molecule has 148 valence electrons. The predicted octanol–water partition coefficient (Wildman–Crippen LogP) is 0.912. The molecule has 1 aliphatic rings. The van der Waals surface area contributed by atoms with Crippen LogP contribution < -0.4 is 10.6 Å². The molecule has 28 heavy (non-hydrogen) atoms. The van der Waals surface area contributed by atoms with Gasteiger partial charge >= 0.3 is 6.03 Å². The average Bonchev–Trinajstić information content (AvgIpc) is 3.08. The maximum absolute atomic E-state index is 12.8. The van der Waals surface area contributed by atoms with E-state index in [1.807, 2.05) is 19.1 Å². The maximum Gasteiger partial charge on any atom is 0.325 e. The molecule has 3 N–H and O–H groups in total. The quantitative estimate of drug-likeness (QED) is 0.491. The summed E-state index contributed by atoms with van der Waals surface area (Å²) >= 11 is 5.04. The van der Waals surface area contributed by atoms with Gasteiger partial charge in [-0.05, 0) is 31.6 Å². The lowest BCUT2D eigenvalue weighted by molar-refractivity contribution is -0.134. The van der Waals surface area contributed by atoms with Gasteiger partial charge in [0.2, 0.25) is 5.91 Å². The zero-order chi connectivity index (χ0) is 20.5. The van der Waals surface area contributed by atoms with Crippen LogP contribution in [0.1, 0.15) is 23.9 Å². The van der Waals surface area contributed by atoms with Gasteiger partial charge in [-0.2, -0.15) is 5.10 Å². The van der Waals surface area contributed by atoms with E-state index < -0.39 is 23.4 Å². The molecule has 0 aliphatic carbocycles. The van der Waals surface area contributed by atoms with Crippen molar-refractivity contribution < 1.29 is 14.4 Å². The molecule has 1 fully saturated rings. The molecule has 1 unspecified atom stereocenters. The monoisotopic (exact) mass is 402 g/mol. The summed E-state index contributed by atoms with van der Waals surface area (Å²) in [7, 11) is 1.78. The highest BCUT2D eigenvalue weighted by atomic mass is 32.1. The fourth-order valence-corrected chi connectivity index (χ4v) is 3.19. The summed E-state index contributed by atoms with van der Waals surface area (Å²) in [5.41, 5.74) is 0.534. The van der Waals surface area contributed by atoms with Crippen LogP contribution >= 0.6 is 12.2 Å². The van der Waals surface area contributed by atoms with E-state index in [0.717, 1.165) is 10.5 Å². The summed E-state index contributed by atoms with van der Waals surface area (Å²) in [6, 6.07) is 6.76. The highest BCUT2D eigenvalue weighted by Gasteiger charge is 2.49. The van der Waals surface area contributed by atoms with Crippen molar-refractivity contribution in [2.45, 2.75) is 25.8 Å². The largest absolute Gasteiger partial charge is 0.354 e. The minimum atomic E-state index is -1.19. The first-order valence-electron chi connectivity index (χ1n) is 8.80. The van der Waals surface area contributed by atoms with Crippen LogP contribution in [0.4, 0.5) is 4.79 Å². The number of amides is 4. The zero-order valence-electron chi connectivity index (χ0n) is 15.9. The van der Waals surface area contributed by atoms with Gasteiger partial charge in [0.25, 0.3) is 5.91 Å². The summed E-state index contributed by atoms with van der Waals surface area (Å²) in [5, 5.41) is 12.1. The standard InChI is InChI=1S/C18H22N6O3S/c1-11-4-6-12(7-5-11)18(2)15(26)24(16(27)20-18)10-14(25)19-9-8-13-21-22-17(28)23(13)3/h4-7H,8-10H2,1-3H3,(H,19,25)(H,20,27)(H,22,28). The Morgan fingerprint density at radius 2 is 1.96 bits per heavy atom. The molecule has 1 atom stereocenters. The number of benzene rings is 1. The number of aromatic nitrogens is 3. The van der Waals surface area contributed by atoms with Crippen molar-refractivity contribution in [3.05, 3.63) is 46.0 Å². The Labute approximate surface area is 167 Å². The van der Waals surface area contributed by atoms with Gasteiger partial charge in [0.1, 0.15) is 17.9 Å². The Bertz CT molecular complexity index is 980. The summed E-state index contributed by atoms with van der Waals surface area (Å²) in [5.74, 6) is -0.174. The van der Waals surface area contributed by atoms with E-state index in [1.165, 1.54) is 0 Å². The third kappa shape index (κ3) is 3.68. The number of nitrogens with zero attached hydrogens (tertiary/aromatic N) is 3. The van der Waals surface area contributed by atoms with E-state index in [1.54, 1.807) is 30.7 Å². The lowest BCUT2D eigenvalue weighted by Gasteiger charge is -2.22. The number of aryl methyl sites for hydroxylation is 1. The highest BCUT2D eigenvalue weighted by Crippen LogP contribution is 2.28. The normalized spacial score (nSPS) is 19.0. The first-order chi connectivity index (χ1) is 13.2. The lowest BCUT2D eigenvalue weighted by Crippen LogP contribution is -2.43. The van der Waals surface area contributed by atoms with Gasteiger partial charge < -0.3 is 15.2 Å². The van der Waals surface area contributed by atoms with Crippen LogP contribution in [0.3, 0.4) is 0 Å². The minimum absolute atomic E-state index is 0.311. The van der Waals surface area contributed by atoms with E-state index in [0.29, 0.717) is 29.1 Å². The molecule has 0 saturated carbocycles. The van der Waals surface area contributed by atoms with E-state index in [4.69, 9.17) is 12.2 Å². The molecule has 3 rings (SSSR count). The second kappa shape index (κ2) is 7.55. The van der Waals surface area contributed by atoms with Gasteiger partial charge in [-0.15, -0.1) is 0 Å². The molecule has 2 aromatic rings. The molecule has 9 nitrogen and oxygen atoms in total. The van der Waals surface area contributed by atoms with Gasteiger partial charge in [-0.1, -0.05) is 29.8 Å². The second-order valence-corrected chi connectivity index (χ2v) is 7.30.